The van der Waals surface area contributed by atoms with Gasteiger partial charge in [0.05, 0.1) is 16.1 Å². The maximum Gasteiger partial charge on any atom is 0.308 e. The van der Waals surface area contributed by atoms with Crippen molar-refractivity contribution in [2.45, 2.75) is 32.2 Å². The fraction of sp³-hybridized carbons (Fsp3) is 0.467. The molecule has 1 unspecified atom stereocenters. The van der Waals surface area contributed by atoms with Crippen LogP contribution in [0, 0.1) is 5.92 Å². The molecule has 0 aliphatic carbocycles. The molecule has 0 bridgehead atoms. The number of aliphatic carboxylic acids is 1. The quantitative estimate of drug-likeness (QED) is 0.926. The van der Waals surface area contributed by atoms with Crippen molar-refractivity contribution in [1.82, 2.24) is 4.98 Å². The molecule has 0 saturated carbocycles. The SMILES string of the molecule is CCC1[C@@H](C(=O)O)CCCN1c1nc2ccc(Cl)cc2s1. The number of hydrogen-bond acceptors (Lipinski definition) is 4. The summed E-state index contributed by atoms with van der Waals surface area (Å²) < 4.78 is 1.05. The number of piperidine rings is 1. The lowest BCUT2D eigenvalue weighted by Crippen LogP contribution is -2.47. The minimum absolute atomic E-state index is 0.0206. The normalized spacial score (nSPS) is 22.7. The number of fused-ring (bicyclic) bond motifs is 1. The van der Waals surface area contributed by atoms with Crippen molar-refractivity contribution in [2.24, 2.45) is 5.92 Å². The van der Waals surface area contributed by atoms with Gasteiger partial charge in [-0.15, -0.1) is 0 Å². The lowest BCUT2D eigenvalue weighted by atomic mass is 9.88. The van der Waals surface area contributed by atoms with Crippen molar-refractivity contribution in [1.29, 1.82) is 0 Å². The minimum Gasteiger partial charge on any atom is -0.481 e. The topological polar surface area (TPSA) is 53.4 Å². The van der Waals surface area contributed by atoms with Crippen LogP contribution in [0.3, 0.4) is 0 Å². The van der Waals surface area contributed by atoms with Gasteiger partial charge in [-0.25, -0.2) is 4.98 Å². The van der Waals surface area contributed by atoms with Gasteiger partial charge in [0.1, 0.15) is 0 Å². The summed E-state index contributed by atoms with van der Waals surface area (Å²) in [5.41, 5.74) is 0.923. The predicted molar refractivity (Wildman–Crippen MR) is 86.4 cm³/mol. The third kappa shape index (κ3) is 2.72. The zero-order valence-corrected chi connectivity index (χ0v) is 13.3. The standard InChI is InChI=1S/C15H17ClN2O2S/c1-2-12-10(14(19)20)4-3-7-18(12)15-17-11-6-5-9(16)8-13(11)21-15/h5-6,8,10,12H,2-4,7H2,1H3,(H,19,20)/t10-,12?/m0/s1. The Morgan fingerprint density at radius 3 is 3.10 bits per heavy atom. The molecule has 1 aromatic carbocycles. The zero-order chi connectivity index (χ0) is 15.0. The van der Waals surface area contributed by atoms with Crippen LogP contribution in [-0.2, 0) is 4.79 Å². The van der Waals surface area contributed by atoms with Crippen LogP contribution in [0.2, 0.25) is 5.02 Å². The molecule has 2 heterocycles. The Balaban J connectivity index is 1.97. The van der Waals surface area contributed by atoms with Gasteiger partial charge in [-0.1, -0.05) is 29.9 Å². The lowest BCUT2D eigenvalue weighted by Gasteiger charge is -2.39. The van der Waals surface area contributed by atoms with Crippen LogP contribution in [0.4, 0.5) is 5.13 Å². The Bertz CT molecular complexity index is 673. The first kappa shape index (κ1) is 14.6. The van der Waals surface area contributed by atoms with Crippen molar-refractivity contribution in [2.75, 3.05) is 11.4 Å². The van der Waals surface area contributed by atoms with Gasteiger partial charge in [0.2, 0.25) is 0 Å². The van der Waals surface area contributed by atoms with Gasteiger partial charge >= 0.3 is 5.97 Å². The van der Waals surface area contributed by atoms with Crippen LogP contribution in [0.15, 0.2) is 18.2 Å². The molecule has 2 aromatic rings. The van der Waals surface area contributed by atoms with Gasteiger partial charge in [0.25, 0.3) is 0 Å². The maximum atomic E-state index is 11.5. The molecule has 1 N–H and O–H groups in total. The second kappa shape index (κ2) is 5.81. The van der Waals surface area contributed by atoms with Gasteiger partial charge in [0.15, 0.2) is 5.13 Å². The molecular weight excluding hydrogens is 308 g/mol. The van der Waals surface area contributed by atoms with Gasteiger partial charge in [-0.3, -0.25) is 4.79 Å². The van der Waals surface area contributed by atoms with E-state index in [1.54, 1.807) is 11.3 Å². The highest BCUT2D eigenvalue weighted by atomic mass is 35.5. The number of halogens is 1. The molecule has 1 aliphatic heterocycles. The first-order valence-electron chi connectivity index (χ1n) is 7.15. The summed E-state index contributed by atoms with van der Waals surface area (Å²) in [5.74, 6) is -1.00. The highest BCUT2D eigenvalue weighted by Gasteiger charge is 2.36. The zero-order valence-electron chi connectivity index (χ0n) is 11.8. The molecular formula is C15H17ClN2O2S. The number of carboxylic acid groups (broad SMARTS) is 1. The number of carboxylic acids is 1. The van der Waals surface area contributed by atoms with Crippen LogP contribution in [0.5, 0.6) is 0 Å². The van der Waals surface area contributed by atoms with E-state index in [2.05, 4.69) is 9.88 Å². The number of nitrogens with zero attached hydrogens (tertiary/aromatic N) is 2. The first-order valence-corrected chi connectivity index (χ1v) is 8.35. The molecule has 1 aliphatic rings. The molecule has 6 heteroatoms. The van der Waals surface area contributed by atoms with Crippen molar-refractivity contribution in [3.05, 3.63) is 23.2 Å². The number of rotatable bonds is 3. The summed E-state index contributed by atoms with van der Waals surface area (Å²) in [6, 6.07) is 5.68. The highest BCUT2D eigenvalue weighted by Crippen LogP contribution is 2.36. The highest BCUT2D eigenvalue weighted by molar-refractivity contribution is 7.22. The summed E-state index contributed by atoms with van der Waals surface area (Å²) in [7, 11) is 0. The summed E-state index contributed by atoms with van der Waals surface area (Å²) in [4.78, 5) is 18.3. The number of thiazole rings is 1. The molecule has 112 valence electrons. The number of hydrogen-bond donors (Lipinski definition) is 1. The second-order valence-electron chi connectivity index (χ2n) is 5.36. The third-order valence-electron chi connectivity index (χ3n) is 4.10. The maximum absolute atomic E-state index is 11.5. The molecule has 0 amide bonds. The lowest BCUT2D eigenvalue weighted by molar-refractivity contribution is -0.143. The average Bonchev–Trinajstić information content (AvgIpc) is 2.88. The van der Waals surface area contributed by atoms with E-state index in [1.165, 1.54) is 0 Å². The Labute approximate surface area is 132 Å². The monoisotopic (exact) mass is 324 g/mol. The Hall–Kier alpha value is -1.33. The van der Waals surface area contributed by atoms with E-state index in [4.69, 9.17) is 11.6 Å². The van der Waals surface area contributed by atoms with Crippen LogP contribution in [0.1, 0.15) is 26.2 Å². The van der Waals surface area contributed by atoms with E-state index >= 15 is 0 Å². The van der Waals surface area contributed by atoms with Crippen LogP contribution >= 0.6 is 22.9 Å². The molecule has 0 spiro atoms. The number of aromatic nitrogens is 1. The summed E-state index contributed by atoms with van der Waals surface area (Å²) in [6.45, 7) is 2.92. The number of carbonyl (C=O) groups is 1. The fourth-order valence-corrected chi connectivity index (χ4v) is 4.42. The second-order valence-corrected chi connectivity index (χ2v) is 6.81. The molecule has 4 nitrogen and oxygen atoms in total. The Morgan fingerprint density at radius 1 is 1.57 bits per heavy atom. The van der Waals surface area contributed by atoms with Gasteiger partial charge in [-0.2, -0.15) is 0 Å². The van der Waals surface area contributed by atoms with E-state index in [-0.39, 0.29) is 12.0 Å². The Kier molecular flexibility index (Phi) is 4.04. The molecule has 1 aromatic heterocycles. The summed E-state index contributed by atoms with van der Waals surface area (Å²) >= 11 is 7.61. The van der Waals surface area contributed by atoms with E-state index in [0.29, 0.717) is 5.02 Å². The van der Waals surface area contributed by atoms with E-state index in [9.17, 15) is 9.90 Å². The fourth-order valence-electron chi connectivity index (χ4n) is 3.10. The largest absolute Gasteiger partial charge is 0.481 e. The third-order valence-corrected chi connectivity index (χ3v) is 5.39. The molecule has 2 atom stereocenters. The summed E-state index contributed by atoms with van der Waals surface area (Å²) in [6.07, 6.45) is 2.46. The molecule has 0 radical (unpaired) electrons. The van der Waals surface area contributed by atoms with Crippen LogP contribution in [0.25, 0.3) is 10.2 Å². The van der Waals surface area contributed by atoms with E-state index in [1.807, 2.05) is 25.1 Å². The number of anilines is 1. The molecule has 21 heavy (non-hydrogen) atoms. The Morgan fingerprint density at radius 2 is 2.38 bits per heavy atom. The minimum atomic E-state index is -0.698. The predicted octanol–water partition coefficient (Wildman–Crippen LogP) is 4.03. The molecule has 1 saturated heterocycles. The number of benzene rings is 1. The first-order chi connectivity index (χ1) is 10.1. The van der Waals surface area contributed by atoms with Crippen molar-refractivity contribution >= 4 is 44.3 Å². The average molecular weight is 325 g/mol. The van der Waals surface area contributed by atoms with E-state index < -0.39 is 5.97 Å². The van der Waals surface area contributed by atoms with E-state index in [0.717, 1.165) is 41.2 Å². The van der Waals surface area contributed by atoms with Gasteiger partial charge in [0, 0.05) is 17.6 Å². The van der Waals surface area contributed by atoms with Crippen molar-refractivity contribution in [3.8, 4) is 0 Å². The van der Waals surface area contributed by atoms with Gasteiger partial charge < -0.3 is 10.0 Å². The smallest absolute Gasteiger partial charge is 0.308 e. The van der Waals surface area contributed by atoms with Crippen molar-refractivity contribution < 1.29 is 9.90 Å². The summed E-state index contributed by atoms with van der Waals surface area (Å²) in [5, 5.41) is 11.0. The van der Waals surface area contributed by atoms with Crippen LogP contribution in [-0.4, -0.2) is 28.6 Å². The van der Waals surface area contributed by atoms with Gasteiger partial charge in [-0.05, 0) is 37.5 Å². The van der Waals surface area contributed by atoms with Crippen LogP contribution < -0.4 is 4.90 Å². The molecule has 1 fully saturated rings. The molecule has 3 rings (SSSR count). The van der Waals surface area contributed by atoms with Crippen molar-refractivity contribution in [3.63, 3.8) is 0 Å².